The highest BCUT2D eigenvalue weighted by molar-refractivity contribution is 6.04. The molecule has 39 heavy (non-hydrogen) atoms. The minimum atomic E-state index is -5.08. The van der Waals surface area contributed by atoms with Crippen LogP contribution in [0.1, 0.15) is 47.8 Å². The molecule has 0 aliphatic carbocycles. The zero-order valence-electron chi connectivity index (χ0n) is 21.2. The summed E-state index contributed by atoms with van der Waals surface area (Å²) >= 11 is 0. The van der Waals surface area contributed by atoms with Crippen molar-refractivity contribution in [1.82, 2.24) is 19.9 Å². The van der Waals surface area contributed by atoms with Crippen molar-refractivity contribution in [2.24, 2.45) is 5.92 Å². The molecule has 3 N–H and O–H groups in total. The van der Waals surface area contributed by atoms with Crippen molar-refractivity contribution >= 4 is 40.7 Å². The molecule has 0 bridgehead atoms. The normalized spacial score (nSPS) is 18.5. The third-order valence-corrected chi connectivity index (χ3v) is 6.95. The maximum absolute atomic E-state index is 12.7. The summed E-state index contributed by atoms with van der Waals surface area (Å²) in [4.78, 5) is 49.4. The summed E-state index contributed by atoms with van der Waals surface area (Å²) in [7, 11) is 2.15. The van der Waals surface area contributed by atoms with Gasteiger partial charge in [0, 0.05) is 54.6 Å². The van der Waals surface area contributed by atoms with E-state index in [2.05, 4.69) is 43.2 Å². The number of nitrogens with one attached hydrogen (secondary N) is 2. The van der Waals surface area contributed by atoms with Crippen LogP contribution in [0.3, 0.4) is 0 Å². The van der Waals surface area contributed by atoms with Crippen molar-refractivity contribution < 1.29 is 32.7 Å². The van der Waals surface area contributed by atoms with Crippen LogP contribution in [0.25, 0.3) is 10.9 Å². The van der Waals surface area contributed by atoms with E-state index in [1.54, 1.807) is 18.5 Å². The molecule has 2 fully saturated rings. The number of carbonyl (C=O) groups excluding carboxylic acids is 2. The monoisotopic (exact) mass is 546 g/mol. The quantitative estimate of drug-likeness (QED) is 0.409. The van der Waals surface area contributed by atoms with Crippen molar-refractivity contribution in [2.45, 2.75) is 37.9 Å². The van der Waals surface area contributed by atoms with Crippen LogP contribution < -0.4 is 10.2 Å². The van der Waals surface area contributed by atoms with E-state index in [9.17, 15) is 22.8 Å². The van der Waals surface area contributed by atoms with Gasteiger partial charge in [-0.3, -0.25) is 9.69 Å². The molecule has 0 aromatic carbocycles. The number of aromatic nitrogens is 3. The molecule has 2 aliphatic rings. The molecule has 208 valence electrons. The van der Waals surface area contributed by atoms with E-state index in [4.69, 9.17) is 9.90 Å². The third kappa shape index (κ3) is 6.91. The third-order valence-electron chi connectivity index (χ3n) is 6.95. The summed E-state index contributed by atoms with van der Waals surface area (Å²) in [6, 6.07) is 8.09. The number of carbonyl (C=O) groups is 3. The summed E-state index contributed by atoms with van der Waals surface area (Å²) in [5.41, 5.74) is 2.65. The zero-order chi connectivity index (χ0) is 28.2. The summed E-state index contributed by atoms with van der Waals surface area (Å²) in [6.45, 7) is 2.73. The molecule has 1 amide bonds. The Morgan fingerprint density at radius 2 is 1.82 bits per heavy atom. The second-order valence-electron chi connectivity index (χ2n) is 9.64. The maximum Gasteiger partial charge on any atom is 0.490 e. The number of hydrogen-bond acceptors (Lipinski definition) is 7. The maximum atomic E-state index is 12.7. The molecule has 1 atom stereocenters. The Morgan fingerprint density at radius 1 is 1.10 bits per heavy atom. The van der Waals surface area contributed by atoms with Crippen molar-refractivity contribution in [2.75, 3.05) is 36.9 Å². The number of aldehydes is 1. The minimum absolute atomic E-state index is 0.149. The van der Waals surface area contributed by atoms with Gasteiger partial charge in [0.2, 0.25) is 0 Å². The summed E-state index contributed by atoms with van der Waals surface area (Å²) < 4.78 is 31.7. The molecule has 5 rings (SSSR count). The van der Waals surface area contributed by atoms with Gasteiger partial charge >= 0.3 is 12.1 Å². The highest BCUT2D eigenvalue weighted by Crippen LogP contribution is 2.32. The fourth-order valence-electron chi connectivity index (χ4n) is 4.76. The van der Waals surface area contributed by atoms with Gasteiger partial charge in [-0.1, -0.05) is 0 Å². The number of aliphatic carboxylic acids is 1. The van der Waals surface area contributed by atoms with Crippen molar-refractivity contribution in [3.05, 3.63) is 47.9 Å². The number of H-pyrrole nitrogens is 1. The lowest BCUT2D eigenvalue weighted by Gasteiger charge is -2.30. The molecular weight excluding hydrogens is 517 g/mol. The number of piperidine rings is 1. The molecule has 10 nitrogen and oxygen atoms in total. The first-order valence-corrected chi connectivity index (χ1v) is 12.5. The lowest BCUT2D eigenvalue weighted by atomic mass is 9.99. The van der Waals surface area contributed by atoms with E-state index in [0.29, 0.717) is 17.4 Å². The lowest BCUT2D eigenvalue weighted by Crippen LogP contribution is -2.34. The average Bonchev–Trinajstić information content (AvgIpc) is 3.54. The van der Waals surface area contributed by atoms with E-state index in [0.717, 1.165) is 61.9 Å². The van der Waals surface area contributed by atoms with E-state index in [-0.39, 0.29) is 11.8 Å². The molecule has 0 saturated carbocycles. The number of carboxylic acid groups (broad SMARTS) is 1. The van der Waals surface area contributed by atoms with Gasteiger partial charge in [0.05, 0.1) is 11.1 Å². The van der Waals surface area contributed by atoms with E-state index in [1.807, 2.05) is 12.1 Å². The number of aromatic amines is 1. The number of halogens is 3. The van der Waals surface area contributed by atoms with Gasteiger partial charge in [-0.15, -0.1) is 0 Å². The number of fused-ring (bicyclic) bond motifs is 1. The molecule has 3 aromatic heterocycles. The Morgan fingerprint density at radius 3 is 2.38 bits per heavy atom. The minimum Gasteiger partial charge on any atom is -0.475 e. The molecule has 13 heteroatoms. The van der Waals surface area contributed by atoms with Crippen LogP contribution >= 0.6 is 0 Å². The highest BCUT2D eigenvalue weighted by Gasteiger charge is 2.38. The predicted molar refractivity (Wildman–Crippen MR) is 138 cm³/mol. The van der Waals surface area contributed by atoms with Gasteiger partial charge in [-0.05, 0) is 57.5 Å². The predicted octanol–water partition coefficient (Wildman–Crippen LogP) is 4.03. The highest BCUT2D eigenvalue weighted by atomic mass is 19.4. The fourth-order valence-corrected chi connectivity index (χ4v) is 4.76. The van der Waals surface area contributed by atoms with Crippen LogP contribution in [-0.2, 0) is 9.59 Å². The first kappa shape index (κ1) is 28.0. The molecule has 0 spiro atoms. The number of nitrogens with zero attached hydrogens (tertiary/aromatic N) is 4. The number of rotatable bonds is 5. The Labute approximate surface area is 222 Å². The summed E-state index contributed by atoms with van der Waals surface area (Å²) in [5.74, 6) is -1.50. The van der Waals surface area contributed by atoms with Crippen LogP contribution in [0, 0.1) is 5.92 Å². The van der Waals surface area contributed by atoms with Gasteiger partial charge in [0.25, 0.3) is 5.91 Å². The Kier molecular flexibility index (Phi) is 8.48. The number of alkyl halides is 3. The largest absolute Gasteiger partial charge is 0.490 e. The number of likely N-dealkylation sites (tertiary alicyclic amines) is 1. The number of hydrogen-bond donors (Lipinski definition) is 3. The number of anilines is 2. The zero-order valence-corrected chi connectivity index (χ0v) is 21.2. The van der Waals surface area contributed by atoms with Crippen LogP contribution in [0.15, 0.2) is 36.7 Å². The first-order chi connectivity index (χ1) is 18.5. The van der Waals surface area contributed by atoms with E-state index >= 15 is 0 Å². The Balaban J connectivity index is 0.000000448. The molecular formula is C26H29F3N6O4. The van der Waals surface area contributed by atoms with Gasteiger partial charge in [-0.25, -0.2) is 14.8 Å². The number of amides is 1. The van der Waals surface area contributed by atoms with Crippen LogP contribution in [-0.4, -0.2) is 76.0 Å². The van der Waals surface area contributed by atoms with Crippen molar-refractivity contribution in [3.8, 4) is 0 Å². The standard InChI is InChI=1S/C24H28N6O2.C2HF3O2/c1-29-8-2-3-21(29)20-11-18-14-25-22(12-19(18)27-20)28-24(32)17-4-5-23(26-13-17)30-9-6-16(15-31)7-10-30;3-2(4,5)1(6)7/h4-5,11-16,21,27H,2-3,6-10H2,1H3,(H,25,28,32);(H,6,7)/t21-;/m1./s1. The topological polar surface area (TPSA) is 132 Å². The smallest absolute Gasteiger partial charge is 0.475 e. The Bertz CT molecular complexity index is 1320. The van der Waals surface area contributed by atoms with Crippen LogP contribution in [0.2, 0.25) is 0 Å². The molecule has 2 aliphatic heterocycles. The second kappa shape index (κ2) is 11.8. The first-order valence-electron chi connectivity index (χ1n) is 12.5. The molecule has 0 unspecified atom stereocenters. The molecule has 5 heterocycles. The van der Waals surface area contributed by atoms with Gasteiger partial charge in [-0.2, -0.15) is 13.2 Å². The van der Waals surface area contributed by atoms with Crippen LogP contribution in [0.4, 0.5) is 24.8 Å². The average molecular weight is 547 g/mol. The molecule has 3 aromatic rings. The lowest BCUT2D eigenvalue weighted by molar-refractivity contribution is -0.192. The second-order valence-corrected chi connectivity index (χ2v) is 9.64. The van der Waals surface area contributed by atoms with Gasteiger partial charge < -0.3 is 25.1 Å². The van der Waals surface area contributed by atoms with Gasteiger partial charge in [0.1, 0.15) is 17.9 Å². The molecule has 0 radical (unpaired) electrons. The van der Waals surface area contributed by atoms with Crippen molar-refractivity contribution in [1.29, 1.82) is 0 Å². The van der Waals surface area contributed by atoms with Crippen molar-refractivity contribution in [3.63, 3.8) is 0 Å². The number of pyridine rings is 2. The van der Waals surface area contributed by atoms with E-state index < -0.39 is 12.1 Å². The van der Waals surface area contributed by atoms with Gasteiger partial charge in [0.15, 0.2) is 0 Å². The molecule has 2 saturated heterocycles. The summed E-state index contributed by atoms with van der Waals surface area (Å²) in [6.07, 6.45) is 3.41. The fraction of sp³-hybridized carbons (Fsp3) is 0.423. The van der Waals surface area contributed by atoms with E-state index in [1.165, 1.54) is 12.1 Å². The van der Waals surface area contributed by atoms with Crippen LogP contribution in [0.5, 0.6) is 0 Å². The number of carboxylic acids is 1. The Hall–Kier alpha value is -4.00. The SMILES string of the molecule is CN1CCC[C@@H]1c1cc2cnc(NC(=O)c3ccc(N4CCC(C=O)CC4)nc3)cc2[nH]1.O=C(O)C(F)(F)F. The summed E-state index contributed by atoms with van der Waals surface area (Å²) in [5, 5.41) is 11.0.